The number of thiazole rings is 1. The molecule has 1 aromatic heterocycles. The van der Waals surface area contributed by atoms with Crippen molar-refractivity contribution >= 4 is 23.2 Å². The van der Waals surface area contributed by atoms with E-state index in [0.717, 1.165) is 11.4 Å². The number of hydrogen-bond acceptors (Lipinski definition) is 4. The van der Waals surface area contributed by atoms with Crippen molar-refractivity contribution in [3.63, 3.8) is 0 Å². The van der Waals surface area contributed by atoms with Gasteiger partial charge in [-0.05, 0) is 25.7 Å². The van der Waals surface area contributed by atoms with E-state index in [0.29, 0.717) is 25.8 Å². The maximum atomic E-state index is 11.9. The van der Waals surface area contributed by atoms with Crippen molar-refractivity contribution in [3.05, 3.63) is 16.1 Å². The number of carbonyl (C=O) groups excluding carboxylic acids is 1. The van der Waals surface area contributed by atoms with E-state index in [2.05, 4.69) is 17.2 Å². The molecule has 104 valence electrons. The summed E-state index contributed by atoms with van der Waals surface area (Å²) in [5.74, 6) is -1.35. The van der Waals surface area contributed by atoms with Crippen molar-refractivity contribution in [1.29, 1.82) is 0 Å². The van der Waals surface area contributed by atoms with Crippen molar-refractivity contribution in [2.24, 2.45) is 11.8 Å². The van der Waals surface area contributed by atoms with E-state index in [1.54, 1.807) is 11.3 Å². The quantitative estimate of drug-likeness (QED) is 0.863. The van der Waals surface area contributed by atoms with Crippen LogP contribution in [0.25, 0.3) is 0 Å². The smallest absolute Gasteiger partial charge is 0.306 e. The zero-order valence-electron chi connectivity index (χ0n) is 10.9. The molecule has 1 amide bonds. The molecule has 1 aliphatic carbocycles. The minimum atomic E-state index is -0.789. The third-order valence-electron chi connectivity index (χ3n) is 3.52. The van der Waals surface area contributed by atoms with E-state index in [1.807, 2.05) is 6.20 Å². The van der Waals surface area contributed by atoms with Crippen LogP contribution in [-0.2, 0) is 22.6 Å². The maximum absolute atomic E-state index is 11.9. The zero-order valence-corrected chi connectivity index (χ0v) is 11.7. The number of amides is 1. The second-order valence-corrected chi connectivity index (χ2v) is 6.04. The number of nitrogens with zero attached hydrogens (tertiary/aromatic N) is 1. The van der Waals surface area contributed by atoms with Gasteiger partial charge in [-0.15, -0.1) is 11.3 Å². The summed E-state index contributed by atoms with van der Waals surface area (Å²) in [5, 5.41) is 12.7. The summed E-state index contributed by atoms with van der Waals surface area (Å²) in [6.07, 6.45) is 4.52. The molecule has 1 saturated carbocycles. The number of aryl methyl sites for hydroxylation is 1. The fourth-order valence-electron chi connectivity index (χ4n) is 2.34. The van der Waals surface area contributed by atoms with Crippen LogP contribution in [0.15, 0.2) is 6.20 Å². The molecule has 19 heavy (non-hydrogen) atoms. The van der Waals surface area contributed by atoms with E-state index in [-0.39, 0.29) is 17.7 Å². The minimum absolute atomic E-state index is 0.0444. The molecule has 0 saturated heterocycles. The topological polar surface area (TPSA) is 79.3 Å². The van der Waals surface area contributed by atoms with Gasteiger partial charge < -0.3 is 10.4 Å². The third-order valence-corrected chi connectivity index (χ3v) is 4.66. The van der Waals surface area contributed by atoms with Crippen LogP contribution in [0.4, 0.5) is 0 Å². The first-order chi connectivity index (χ1) is 9.10. The number of aromatic nitrogens is 1. The average Bonchev–Trinajstić information content (AvgIpc) is 3.04. The van der Waals surface area contributed by atoms with Gasteiger partial charge in [0.2, 0.25) is 5.91 Å². The molecule has 0 aliphatic heterocycles. The highest BCUT2D eigenvalue weighted by molar-refractivity contribution is 7.11. The van der Waals surface area contributed by atoms with Gasteiger partial charge in [-0.2, -0.15) is 0 Å². The third kappa shape index (κ3) is 3.53. The molecular weight excluding hydrogens is 264 g/mol. The van der Waals surface area contributed by atoms with Gasteiger partial charge in [-0.1, -0.05) is 6.92 Å². The molecule has 2 N–H and O–H groups in total. The van der Waals surface area contributed by atoms with Gasteiger partial charge in [-0.3, -0.25) is 9.59 Å². The van der Waals surface area contributed by atoms with Crippen molar-refractivity contribution in [3.8, 4) is 0 Å². The predicted molar refractivity (Wildman–Crippen MR) is 71.8 cm³/mol. The molecule has 1 aromatic rings. The Kier molecular flexibility index (Phi) is 4.52. The van der Waals surface area contributed by atoms with Gasteiger partial charge in [0.1, 0.15) is 5.01 Å². The SMILES string of the molecule is CCc1cnc(CNC(=O)[C@@H]2CC[C@H](C(=O)O)C2)s1. The number of rotatable bonds is 5. The van der Waals surface area contributed by atoms with Crippen LogP contribution >= 0.6 is 11.3 Å². The number of nitrogens with one attached hydrogen (secondary N) is 1. The summed E-state index contributed by atoms with van der Waals surface area (Å²) in [7, 11) is 0. The van der Waals surface area contributed by atoms with Crippen LogP contribution in [-0.4, -0.2) is 22.0 Å². The molecule has 0 aromatic carbocycles. The Morgan fingerprint density at radius 3 is 2.79 bits per heavy atom. The number of carboxylic acids is 1. The van der Waals surface area contributed by atoms with E-state index in [1.165, 1.54) is 4.88 Å². The van der Waals surface area contributed by atoms with Crippen LogP contribution in [0.2, 0.25) is 0 Å². The predicted octanol–water partition coefficient (Wildman–Crippen LogP) is 1.82. The minimum Gasteiger partial charge on any atom is -0.481 e. The summed E-state index contributed by atoms with van der Waals surface area (Å²) in [6.45, 7) is 2.51. The summed E-state index contributed by atoms with van der Waals surface area (Å²) < 4.78 is 0. The van der Waals surface area contributed by atoms with Crippen molar-refractivity contribution in [1.82, 2.24) is 10.3 Å². The van der Waals surface area contributed by atoms with Gasteiger partial charge in [0, 0.05) is 17.0 Å². The van der Waals surface area contributed by atoms with Crippen LogP contribution in [0.3, 0.4) is 0 Å². The van der Waals surface area contributed by atoms with Crippen LogP contribution in [0.5, 0.6) is 0 Å². The van der Waals surface area contributed by atoms with E-state index < -0.39 is 5.97 Å². The molecule has 0 bridgehead atoms. The van der Waals surface area contributed by atoms with Crippen molar-refractivity contribution in [2.45, 2.75) is 39.2 Å². The molecule has 1 fully saturated rings. The first kappa shape index (κ1) is 14.0. The van der Waals surface area contributed by atoms with E-state index in [9.17, 15) is 9.59 Å². The molecule has 2 atom stereocenters. The Morgan fingerprint density at radius 2 is 2.21 bits per heavy atom. The summed E-state index contributed by atoms with van der Waals surface area (Å²) in [6, 6.07) is 0. The molecule has 1 heterocycles. The Hall–Kier alpha value is -1.43. The number of hydrogen-bond donors (Lipinski definition) is 2. The number of carbonyl (C=O) groups is 2. The van der Waals surface area contributed by atoms with Crippen molar-refractivity contribution < 1.29 is 14.7 Å². The lowest BCUT2D eigenvalue weighted by atomic mass is 10.0. The lowest BCUT2D eigenvalue weighted by Crippen LogP contribution is -2.29. The second-order valence-electron chi connectivity index (χ2n) is 4.84. The van der Waals surface area contributed by atoms with Gasteiger partial charge in [0.25, 0.3) is 0 Å². The highest BCUT2D eigenvalue weighted by atomic mass is 32.1. The van der Waals surface area contributed by atoms with Gasteiger partial charge in [0.15, 0.2) is 0 Å². The van der Waals surface area contributed by atoms with Crippen LogP contribution < -0.4 is 5.32 Å². The maximum Gasteiger partial charge on any atom is 0.306 e. The molecule has 0 spiro atoms. The van der Waals surface area contributed by atoms with Gasteiger partial charge >= 0.3 is 5.97 Å². The summed E-state index contributed by atoms with van der Waals surface area (Å²) >= 11 is 1.60. The summed E-state index contributed by atoms with van der Waals surface area (Å²) in [5.41, 5.74) is 0. The molecule has 0 radical (unpaired) electrons. The number of aliphatic carboxylic acids is 1. The standard InChI is InChI=1S/C13H18N2O3S/c1-2-10-6-14-11(19-10)7-15-12(16)8-3-4-9(5-8)13(17)18/h6,8-9H,2-5,7H2,1H3,(H,15,16)(H,17,18)/t8-,9+/m1/s1. The van der Waals surface area contributed by atoms with Gasteiger partial charge in [-0.25, -0.2) is 4.98 Å². The molecular formula is C13H18N2O3S. The lowest BCUT2D eigenvalue weighted by molar-refractivity contribution is -0.141. The fraction of sp³-hybridized carbons (Fsp3) is 0.615. The fourth-order valence-corrected chi connectivity index (χ4v) is 3.15. The summed E-state index contributed by atoms with van der Waals surface area (Å²) in [4.78, 5) is 28.2. The van der Waals surface area contributed by atoms with Gasteiger partial charge in [0.05, 0.1) is 12.5 Å². The molecule has 1 aliphatic rings. The highest BCUT2D eigenvalue weighted by Crippen LogP contribution is 2.31. The lowest BCUT2D eigenvalue weighted by Gasteiger charge is -2.09. The first-order valence-corrected chi connectivity index (χ1v) is 7.36. The number of carboxylic acid groups (broad SMARTS) is 1. The van der Waals surface area contributed by atoms with Crippen molar-refractivity contribution in [2.75, 3.05) is 0 Å². The van der Waals surface area contributed by atoms with Crippen LogP contribution in [0.1, 0.15) is 36.1 Å². The zero-order chi connectivity index (χ0) is 13.8. The molecule has 2 rings (SSSR count). The monoisotopic (exact) mass is 282 g/mol. The Labute approximate surface area is 116 Å². The normalized spacial score (nSPS) is 22.4. The highest BCUT2D eigenvalue weighted by Gasteiger charge is 2.33. The average molecular weight is 282 g/mol. The molecule has 5 nitrogen and oxygen atoms in total. The second kappa shape index (κ2) is 6.14. The Balaban J connectivity index is 1.80. The first-order valence-electron chi connectivity index (χ1n) is 6.54. The Morgan fingerprint density at radius 1 is 1.47 bits per heavy atom. The Bertz CT molecular complexity index is 472. The van der Waals surface area contributed by atoms with Crippen LogP contribution in [0, 0.1) is 11.8 Å². The molecule has 6 heteroatoms. The van der Waals surface area contributed by atoms with E-state index in [4.69, 9.17) is 5.11 Å². The largest absolute Gasteiger partial charge is 0.481 e. The molecule has 0 unspecified atom stereocenters. The van der Waals surface area contributed by atoms with E-state index >= 15 is 0 Å².